The second-order valence-electron chi connectivity index (χ2n) is 4.02. The number of hydrogen-bond donors (Lipinski definition) is 1. The lowest BCUT2D eigenvalue weighted by Crippen LogP contribution is -2.22. The third-order valence-electron chi connectivity index (χ3n) is 1.99. The normalized spacial score (nSPS) is 11.1. The van der Waals surface area contributed by atoms with Crippen LogP contribution in [0.25, 0.3) is 0 Å². The van der Waals surface area contributed by atoms with E-state index in [9.17, 15) is 8.78 Å². The number of benzene rings is 1. The molecule has 0 aliphatic heterocycles. The average Bonchev–Trinajstić information content (AvgIpc) is 2.22. The molecular weight excluding hydrogens is 228 g/mol. The van der Waals surface area contributed by atoms with Crippen molar-refractivity contribution in [3.63, 3.8) is 0 Å². The summed E-state index contributed by atoms with van der Waals surface area (Å²) in [6, 6.07) is 4.01. The minimum absolute atomic E-state index is 0.633. The van der Waals surface area contributed by atoms with E-state index in [-0.39, 0.29) is 0 Å². The molecule has 1 nitrogen and oxygen atoms in total. The Labute approximate surface area is 99.6 Å². The van der Waals surface area contributed by atoms with Crippen molar-refractivity contribution in [1.82, 2.24) is 5.32 Å². The second kappa shape index (κ2) is 6.86. The third-order valence-corrected chi connectivity index (χ3v) is 2.99. The maximum atomic E-state index is 12.9. The van der Waals surface area contributed by atoms with Gasteiger partial charge in [0.15, 0.2) is 11.6 Å². The van der Waals surface area contributed by atoms with Gasteiger partial charge in [-0.15, -0.1) is 11.8 Å². The van der Waals surface area contributed by atoms with Gasteiger partial charge in [0, 0.05) is 17.2 Å². The summed E-state index contributed by atoms with van der Waals surface area (Å²) >= 11 is 1.53. The molecule has 0 saturated carbocycles. The van der Waals surface area contributed by atoms with E-state index in [0.717, 1.165) is 23.7 Å². The molecular formula is C12H17F2NS. The van der Waals surface area contributed by atoms with Crippen LogP contribution in [-0.2, 0) is 0 Å². The van der Waals surface area contributed by atoms with E-state index in [1.807, 2.05) is 0 Å². The molecule has 0 unspecified atom stereocenters. The van der Waals surface area contributed by atoms with Crippen molar-refractivity contribution in [3.8, 4) is 0 Å². The highest BCUT2D eigenvalue weighted by atomic mass is 32.2. The Morgan fingerprint density at radius 3 is 2.62 bits per heavy atom. The fraction of sp³-hybridized carbons (Fsp3) is 0.500. The van der Waals surface area contributed by atoms with Crippen molar-refractivity contribution >= 4 is 11.8 Å². The fourth-order valence-electron chi connectivity index (χ4n) is 1.20. The molecule has 1 aromatic carbocycles. The molecule has 0 spiro atoms. The molecule has 1 rings (SSSR count). The summed E-state index contributed by atoms with van der Waals surface area (Å²) in [6.07, 6.45) is 0. The van der Waals surface area contributed by atoms with Gasteiger partial charge in [0.2, 0.25) is 0 Å². The van der Waals surface area contributed by atoms with Crippen LogP contribution < -0.4 is 5.32 Å². The number of halogens is 2. The van der Waals surface area contributed by atoms with Crippen LogP contribution in [0.15, 0.2) is 23.1 Å². The summed E-state index contributed by atoms with van der Waals surface area (Å²) in [7, 11) is 0. The van der Waals surface area contributed by atoms with Gasteiger partial charge >= 0.3 is 0 Å². The summed E-state index contributed by atoms with van der Waals surface area (Å²) < 4.78 is 25.5. The van der Waals surface area contributed by atoms with Crippen molar-refractivity contribution < 1.29 is 8.78 Å². The lowest BCUT2D eigenvalue weighted by atomic mass is 10.2. The first kappa shape index (κ1) is 13.5. The summed E-state index contributed by atoms with van der Waals surface area (Å²) in [5, 5.41) is 3.29. The number of thioether (sulfide) groups is 1. The molecule has 16 heavy (non-hydrogen) atoms. The Bertz CT molecular complexity index is 329. The SMILES string of the molecule is CC(C)CNCCSc1ccc(F)c(F)c1. The molecule has 1 N–H and O–H groups in total. The monoisotopic (exact) mass is 245 g/mol. The standard InChI is InChI=1S/C12H17F2NS/c1-9(2)8-15-5-6-16-10-3-4-11(13)12(14)7-10/h3-4,7,9,15H,5-6,8H2,1-2H3. The van der Waals surface area contributed by atoms with Crippen LogP contribution in [0, 0.1) is 17.6 Å². The van der Waals surface area contributed by atoms with Crippen LogP contribution in [0.1, 0.15) is 13.8 Å². The predicted octanol–water partition coefficient (Wildman–Crippen LogP) is 3.30. The maximum Gasteiger partial charge on any atom is 0.159 e. The molecule has 1 aromatic rings. The third kappa shape index (κ3) is 4.94. The first-order chi connectivity index (χ1) is 7.59. The van der Waals surface area contributed by atoms with Gasteiger partial charge in [-0.1, -0.05) is 13.8 Å². The molecule has 0 aromatic heterocycles. The second-order valence-corrected chi connectivity index (χ2v) is 5.19. The zero-order chi connectivity index (χ0) is 12.0. The Kier molecular flexibility index (Phi) is 5.77. The molecule has 0 heterocycles. The molecule has 0 aliphatic carbocycles. The zero-order valence-electron chi connectivity index (χ0n) is 9.59. The number of hydrogen-bond acceptors (Lipinski definition) is 2. The van der Waals surface area contributed by atoms with Crippen LogP contribution >= 0.6 is 11.8 Å². The van der Waals surface area contributed by atoms with E-state index in [0.29, 0.717) is 5.92 Å². The van der Waals surface area contributed by atoms with Crippen LogP contribution in [0.5, 0.6) is 0 Å². The Hall–Kier alpha value is -0.610. The smallest absolute Gasteiger partial charge is 0.159 e. The molecule has 4 heteroatoms. The molecule has 90 valence electrons. The van der Waals surface area contributed by atoms with Crippen molar-refractivity contribution in [3.05, 3.63) is 29.8 Å². The van der Waals surface area contributed by atoms with Gasteiger partial charge in [0.05, 0.1) is 0 Å². The van der Waals surface area contributed by atoms with E-state index in [1.165, 1.54) is 23.9 Å². The number of nitrogens with one attached hydrogen (secondary N) is 1. The lowest BCUT2D eigenvalue weighted by molar-refractivity contribution is 0.506. The van der Waals surface area contributed by atoms with Crippen molar-refractivity contribution in [2.45, 2.75) is 18.7 Å². The van der Waals surface area contributed by atoms with Crippen molar-refractivity contribution in [1.29, 1.82) is 0 Å². The number of rotatable bonds is 6. The van der Waals surface area contributed by atoms with Gasteiger partial charge in [-0.05, 0) is 30.7 Å². The van der Waals surface area contributed by atoms with Crippen molar-refractivity contribution in [2.24, 2.45) is 5.92 Å². The zero-order valence-corrected chi connectivity index (χ0v) is 10.4. The molecule has 0 bridgehead atoms. The first-order valence-electron chi connectivity index (χ1n) is 5.38. The van der Waals surface area contributed by atoms with E-state index < -0.39 is 11.6 Å². The molecule has 0 aliphatic rings. The Morgan fingerprint density at radius 2 is 2.00 bits per heavy atom. The fourth-order valence-corrected chi connectivity index (χ4v) is 2.03. The highest BCUT2D eigenvalue weighted by molar-refractivity contribution is 7.99. The quantitative estimate of drug-likeness (QED) is 0.609. The van der Waals surface area contributed by atoms with E-state index in [4.69, 9.17) is 0 Å². The Balaban J connectivity index is 2.24. The van der Waals surface area contributed by atoms with Gasteiger partial charge in [0.1, 0.15) is 0 Å². The van der Waals surface area contributed by atoms with Gasteiger partial charge in [-0.25, -0.2) is 8.78 Å². The van der Waals surface area contributed by atoms with E-state index in [1.54, 1.807) is 6.07 Å². The van der Waals surface area contributed by atoms with Crippen LogP contribution in [-0.4, -0.2) is 18.8 Å². The van der Waals surface area contributed by atoms with E-state index >= 15 is 0 Å². The molecule has 0 radical (unpaired) electrons. The molecule has 0 fully saturated rings. The Morgan fingerprint density at radius 1 is 1.25 bits per heavy atom. The minimum atomic E-state index is -0.790. The average molecular weight is 245 g/mol. The highest BCUT2D eigenvalue weighted by Crippen LogP contribution is 2.19. The summed E-state index contributed by atoms with van der Waals surface area (Å²) in [5.74, 6) is -0.0756. The van der Waals surface area contributed by atoms with Crippen LogP contribution in [0.4, 0.5) is 8.78 Å². The van der Waals surface area contributed by atoms with Crippen LogP contribution in [0.3, 0.4) is 0 Å². The maximum absolute atomic E-state index is 12.9. The van der Waals surface area contributed by atoms with Gasteiger partial charge in [-0.2, -0.15) is 0 Å². The minimum Gasteiger partial charge on any atom is -0.316 e. The van der Waals surface area contributed by atoms with Gasteiger partial charge in [-0.3, -0.25) is 0 Å². The van der Waals surface area contributed by atoms with Crippen molar-refractivity contribution in [2.75, 3.05) is 18.8 Å². The summed E-state index contributed by atoms with van der Waals surface area (Å²) in [5.41, 5.74) is 0. The summed E-state index contributed by atoms with van der Waals surface area (Å²) in [4.78, 5) is 0.769. The van der Waals surface area contributed by atoms with Gasteiger partial charge in [0.25, 0.3) is 0 Å². The lowest BCUT2D eigenvalue weighted by Gasteiger charge is -2.07. The predicted molar refractivity (Wildman–Crippen MR) is 64.8 cm³/mol. The molecule has 0 atom stereocenters. The topological polar surface area (TPSA) is 12.0 Å². The van der Waals surface area contributed by atoms with Crippen LogP contribution in [0.2, 0.25) is 0 Å². The van der Waals surface area contributed by atoms with E-state index in [2.05, 4.69) is 19.2 Å². The molecule has 0 amide bonds. The summed E-state index contributed by atoms with van der Waals surface area (Å²) in [6.45, 7) is 6.16. The largest absolute Gasteiger partial charge is 0.316 e. The van der Waals surface area contributed by atoms with Gasteiger partial charge < -0.3 is 5.32 Å². The molecule has 0 saturated heterocycles. The first-order valence-corrected chi connectivity index (χ1v) is 6.36. The highest BCUT2D eigenvalue weighted by Gasteiger charge is 2.02.